The number of hydrogen-bond acceptors (Lipinski definition) is 2. The van der Waals surface area contributed by atoms with E-state index in [9.17, 15) is 4.39 Å². The van der Waals surface area contributed by atoms with Gasteiger partial charge in [0.05, 0.1) is 6.61 Å². The van der Waals surface area contributed by atoms with E-state index in [0.717, 1.165) is 30.6 Å². The lowest BCUT2D eigenvalue weighted by molar-refractivity contribution is 0.0422. The van der Waals surface area contributed by atoms with Crippen molar-refractivity contribution in [3.63, 3.8) is 0 Å². The van der Waals surface area contributed by atoms with Gasteiger partial charge in [-0.15, -0.1) is 0 Å². The number of hydrogen-bond donors (Lipinski definition) is 1. The highest BCUT2D eigenvalue weighted by atomic mass is 19.1. The van der Waals surface area contributed by atoms with Crippen molar-refractivity contribution in [2.75, 3.05) is 13.2 Å². The van der Waals surface area contributed by atoms with Gasteiger partial charge in [0.2, 0.25) is 0 Å². The van der Waals surface area contributed by atoms with E-state index in [0.29, 0.717) is 12.5 Å². The van der Waals surface area contributed by atoms with Crippen LogP contribution >= 0.6 is 0 Å². The van der Waals surface area contributed by atoms with E-state index >= 15 is 0 Å². The van der Waals surface area contributed by atoms with Crippen molar-refractivity contribution >= 4 is 0 Å². The standard InChI is InChI=1S/C13H18FNO/c1-9-2-3-12(14)7-10(9)6-11-8-16-5-4-13(11)15/h2-3,7,11,13H,4-6,8,15H2,1H3. The summed E-state index contributed by atoms with van der Waals surface area (Å²) in [6.07, 6.45) is 1.71. The first-order chi connectivity index (χ1) is 7.66. The molecule has 0 spiro atoms. The molecular formula is C13H18FNO. The van der Waals surface area contributed by atoms with Crippen LogP contribution in [0.4, 0.5) is 4.39 Å². The number of halogens is 1. The molecule has 1 aromatic carbocycles. The maximum Gasteiger partial charge on any atom is 0.123 e. The Bertz CT molecular complexity index is 367. The second kappa shape index (κ2) is 4.93. The molecule has 0 bridgehead atoms. The third kappa shape index (κ3) is 2.60. The number of aryl methyl sites for hydroxylation is 1. The van der Waals surface area contributed by atoms with Gasteiger partial charge in [0.1, 0.15) is 5.82 Å². The summed E-state index contributed by atoms with van der Waals surface area (Å²) in [7, 11) is 0. The Hall–Kier alpha value is -0.930. The second-order valence-electron chi connectivity index (χ2n) is 4.56. The third-order valence-corrected chi connectivity index (χ3v) is 3.33. The van der Waals surface area contributed by atoms with Gasteiger partial charge in [-0.3, -0.25) is 0 Å². The van der Waals surface area contributed by atoms with Crippen LogP contribution in [0.3, 0.4) is 0 Å². The lowest BCUT2D eigenvalue weighted by Gasteiger charge is -2.29. The summed E-state index contributed by atoms with van der Waals surface area (Å²) in [5.74, 6) is 0.139. The third-order valence-electron chi connectivity index (χ3n) is 3.33. The zero-order chi connectivity index (χ0) is 11.5. The molecule has 2 unspecified atom stereocenters. The highest BCUT2D eigenvalue weighted by Gasteiger charge is 2.23. The topological polar surface area (TPSA) is 35.2 Å². The minimum Gasteiger partial charge on any atom is -0.381 e. The SMILES string of the molecule is Cc1ccc(F)cc1CC1COCCC1N. The normalized spacial score (nSPS) is 25.7. The predicted octanol–water partition coefficient (Wildman–Crippen LogP) is 2.04. The zero-order valence-corrected chi connectivity index (χ0v) is 9.58. The van der Waals surface area contributed by atoms with Crippen molar-refractivity contribution < 1.29 is 9.13 Å². The van der Waals surface area contributed by atoms with Crippen LogP contribution in [0.2, 0.25) is 0 Å². The van der Waals surface area contributed by atoms with E-state index in [4.69, 9.17) is 10.5 Å². The molecule has 1 aliphatic heterocycles. The number of nitrogens with two attached hydrogens (primary N) is 1. The monoisotopic (exact) mass is 223 g/mol. The van der Waals surface area contributed by atoms with E-state index in [2.05, 4.69) is 0 Å². The molecule has 0 aromatic heterocycles. The fourth-order valence-electron chi connectivity index (χ4n) is 2.17. The first kappa shape index (κ1) is 11.6. The molecule has 1 saturated heterocycles. The van der Waals surface area contributed by atoms with E-state index in [1.807, 2.05) is 13.0 Å². The van der Waals surface area contributed by atoms with Gasteiger partial charge in [0.15, 0.2) is 0 Å². The van der Waals surface area contributed by atoms with Crippen molar-refractivity contribution in [3.8, 4) is 0 Å². The number of rotatable bonds is 2. The van der Waals surface area contributed by atoms with Crippen molar-refractivity contribution in [2.24, 2.45) is 11.7 Å². The summed E-state index contributed by atoms with van der Waals surface area (Å²) in [5.41, 5.74) is 8.21. The average Bonchev–Trinajstić information content (AvgIpc) is 2.27. The smallest absolute Gasteiger partial charge is 0.123 e. The Labute approximate surface area is 95.6 Å². The van der Waals surface area contributed by atoms with Gasteiger partial charge in [-0.2, -0.15) is 0 Å². The minimum atomic E-state index is -0.175. The van der Waals surface area contributed by atoms with E-state index < -0.39 is 0 Å². The molecule has 88 valence electrons. The van der Waals surface area contributed by atoms with Crippen LogP contribution in [0, 0.1) is 18.7 Å². The molecule has 2 atom stereocenters. The van der Waals surface area contributed by atoms with Crippen LogP contribution in [-0.2, 0) is 11.2 Å². The molecule has 3 heteroatoms. The van der Waals surface area contributed by atoms with Gasteiger partial charge in [0.25, 0.3) is 0 Å². The van der Waals surface area contributed by atoms with E-state index in [-0.39, 0.29) is 11.9 Å². The molecule has 2 N–H and O–H groups in total. The Morgan fingerprint density at radius 3 is 3.06 bits per heavy atom. The Kier molecular flexibility index (Phi) is 3.56. The molecular weight excluding hydrogens is 205 g/mol. The van der Waals surface area contributed by atoms with Crippen LogP contribution in [0.15, 0.2) is 18.2 Å². The molecule has 2 nitrogen and oxygen atoms in total. The maximum atomic E-state index is 13.1. The molecule has 2 rings (SSSR count). The molecule has 1 aliphatic rings. The molecule has 1 heterocycles. The highest BCUT2D eigenvalue weighted by Crippen LogP contribution is 2.21. The van der Waals surface area contributed by atoms with Crippen molar-refractivity contribution in [3.05, 3.63) is 35.1 Å². The second-order valence-corrected chi connectivity index (χ2v) is 4.56. The van der Waals surface area contributed by atoms with Crippen molar-refractivity contribution in [1.29, 1.82) is 0 Å². The van der Waals surface area contributed by atoms with Crippen LogP contribution < -0.4 is 5.73 Å². The summed E-state index contributed by atoms with van der Waals surface area (Å²) < 4.78 is 18.6. The highest BCUT2D eigenvalue weighted by molar-refractivity contribution is 5.27. The van der Waals surface area contributed by atoms with E-state index in [1.165, 1.54) is 6.07 Å². The zero-order valence-electron chi connectivity index (χ0n) is 9.58. The lowest BCUT2D eigenvalue weighted by Crippen LogP contribution is -2.39. The van der Waals surface area contributed by atoms with Crippen molar-refractivity contribution in [2.45, 2.75) is 25.8 Å². The van der Waals surface area contributed by atoms with Gasteiger partial charge in [-0.25, -0.2) is 4.39 Å². The fraction of sp³-hybridized carbons (Fsp3) is 0.538. The predicted molar refractivity (Wildman–Crippen MR) is 61.7 cm³/mol. The largest absolute Gasteiger partial charge is 0.381 e. The summed E-state index contributed by atoms with van der Waals surface area (Å²) in [4.78, 5) is 0. The first-order valence-electron chi connectivity index (χ1n) is 5.75. The van der Waals surface area contributed by atoms with Gasteiger partial charge >= 0.3 is 0 Å². The first-order valence-corrected chi connectivity index (χ1v) is 5.75. The summed E-state index contributed by atoms with van der Waals surface area (Å²) in [5, 5.41) is 0. The molecule has 1 aromatic rings. The summed E-state index contributed by atoms with van der Waals surface area (Å²) >= 11 is 0. The van der Waals surface area contributed by atoms with Gasteiger partial charge in [0, 0.05) is 18.6 Å². The fourth-order valence-corrected chi connectivity index (χ4v) is 2.17. The summed E-state index contributed by atoms with van der Waals surface area (Å²) in [6, 6.07) is 5.10. The van der Waals surface area contributed by atoms with Crippen LogP contribution in [0.1, 0.15) is 17.5 Å². The Balaban J connectivity index is 2.10. The quantitative estimate of drug-likeness (QED) is 0.832. The number of ether oxygens (including phenoxy) is 1. The van der Waals surface area contributed by atoms with Crippen LogP contribution in [0.5, 0.6) is 0 Å². The Morgan fingerprint density at radius 2 is 2.31 bits per heavy atom. The van der Waals surface area contributed by atoms with Crippen LogP contribution in [0.25, 0.3) is 0 Å². The molecule has 0 aliphatic carbocycles. The maximum absolute atomic E-state index is 13.1. The Morgan fingerprint density at radius 1 is 1.50 bits per heavy atom. The van der Waals surface area contributed by atoms with Crippen LogP contribution in [-0.4, -0.2) is 19.3 Å². The molecule has 16 heavy (non-hydrogen) atoms. The molecule has 0 saturated carbocycles. The van der Waals surface area contributed by atoms with E-state index in [1.54, 1.807) is 6.07 Å². The molecule has 1 fully saturated rings. The lowest BCUT2D eigenvalue weighted by atomic mass is 9.88. The molecule has 0 amide bonds. The van der Waals surface area contributed by atoms with Gasteiger partial charge < -0.3 is 10.5 Å². The van der Waals surface area contributed by atoms with Crippen molar-refractivity contribution in [1.82, 2.24) is 0 Å². The average molecular weight is 223 g/mol. The van der Waals surface area contributed by atoms with Gasteiger partial charge in [-0.05, 0) is 43.0 Å². The summed E-state index contributed by atoms with van der Waals surface area (Å²) in [6.45, 7) is 3.45. The van der Waals surface area contributed by atoms with Gasteiger partial charge in [-0.1, -0.05) is 6.07 Å². The molecule has 0 radical (unpaired) electrons. The minimum absolute atomic E-state index is 0.175. The number of benzene rings is 1.